The summed E-state index contributed by atoms with van der Waals surface area (Å²) in [7, 11) is 0. The maximum atomic E-state index is 11.4. The number of hydrogen-bond donors (Lipinski definition) is 2. The van der Waals surface area contributed by atoms with E-state index in [1.54, 1.807) is 6.92 Å². The van der Waals surface area contributed by atoms with Crippen LogP contribution in [0.25, 0.3) is 0 Å². The first-order chi connectivity index (χ1) is 7.63. The van der Waals surface area contributed by atoms with Crippen LogP contribution in [-0.2, 0) is 14.3 Å². The van der Waals surface area contributed by atoms with Gasteiger partial charge in [-0.3, -0.25) is 4.79 Å². The molecule has 1 atom stereocenters. The van der Waals surface area contributed by atoms with Crippen molar-refractivity contribution < 1.29 is 19.4 Å². The summed E-state index contributed by atoms with van der Waals surface area (Å²) in [5.41, 5.74) is -0.0719. The highest BCUT2D eigenvalue weighted by Crippen LogP contribution is 2.16. The van der Waals surface area contributed by atoms with Gasteiger partial charge in [0.05, 0.1) is 6.10 Å². The summed E-state index contributed by atoms with van der Waals surface area (Å²) in [4.78, 5) is 22.0. The zero-order valence-corrected chi connectivity index (χ0v) is 9.36. The second-order valence-corrected chi connectivity index (χ2v) is 3.73. The summed E-state index contributed by atoms with van der Waals surface area (Å²) in [6.07, 6.45) is 4.51. The quantitative estimate of drug-likeness (QED) is 0.688. The van der Waals surface area contributed by atoms with Crippen LogP contribution in [0.15, 0.2) is 11.8 Å². The third kappa shape index (κ3) is 4.02. The molecule has 16 heavy (non-hydrogen) atoms. The third-order valence-electron chi connectivity index (χ3n) is 2.51. The molecule has 0 saturated carbocycles. The zero-order valence-electron chi connectivity index (χ0n) is 9.36. The van der Waals surface area contributed by atoms with Crippen LogP contribution in [0.2, 0.25) is 0 Å². The first kappa shape index (κ1) is 12.7. The lowest BCUT2D eigenvalue weighted by Crippen LogP contribution is -2.27. The van der Waals surface area contributed by atoms with Crippen molar-refractivity contribution >= 4 is 11.9 Å². The highest BCUT2D eigenvalue weighted by molar-refractivity contribution is 5.92. The number of hydrogen-bond acceptors (Lipinski definition) is 3. The molecule has 90 valence electrons. The SMILES string of the molecule is C/C=C(\NC(=O)CCC1CCCO1)C(=O)O. The molecule has 1 fully saturated rings. The van der Waals surface area contributed by atoms with Crippen molar-refractivity contribution in [2.75, 3.05) is 6.61 Å². The Bertz CT molecular complexity index is 292. The summed E-state index contributed by atoms with van der Waals surface area (Å²) in [5.74, 6) is -1.39. The average molecular weight is 227 g/mol. The lowest BCUT2D eigenvalue weighted by molar-refractivity contribution is -0.134. The van der Waals surface area contributed by atoms with Gasteiger partial charge in [-0.25, -0.2) is 4.79 Å². The molecule has 0 aliphatic carbocycles. The summed E-state index contributed by atoms with van der Waals surface area (Å²) in [6, 6.07) is 0. The fourth-order valence-electron chi connectivity index (χ4n) is 1.63. The van der Waals surface area contributed by atoms with Crippen LogP contribution in [-0.4, -0.2) is 29.7 Å². The molecule has 5 nitrogen and oxygen atoms in total. The van der Waals surface area contributed by atoms with Gasteiger partial charge in [-0.1, -0.05) is 6.08 Å². The molecule has 1 unspecified atom stereocenters. The molecule has 0 bridgehead atoms. The van der Waals surface area contributed by atoms with E-state index in [-0.39, 0.29) is 17.7 Å². The van der Waals surface area contributed by atoms with Gasteiger partial charge < -0.3 is 15.2 Å². The number of carboxylic acids is 1. The molecule has 1 heterocycles. The molecule has 0 radical (unpaired) electrons. The minimum absolute atomic E-state index is 0.0719. The Morgan fingerprint density at radius 1 is 1.56 bits per heavy atom. The Balaban J connectivity index is 2.27. The Morgan fingerprint density at radius 2 is 2.31 bits per heavy atom. The van der Waals surface area contributed by atoms with Crippen molar-refractivity contribution in [1.29, 1.82) is 0 Å². The van der Waals surface area contributed by atoms with Gasteiger partial charge in [0, 0.05) is 13.0 Å². The monoisotopic (exact) mass is 227 g/mol. The lowest BCUT2D eigenvalue weighted by atomic mass is 10.1. The fourth-order valence-corrected chi connectivity index (χ4v) is 1.63. The first-order valence-electron chi connectivity index (χ1n) is 5.44. The van der Waals surface area contributed by atoms with E-state index < -0.39 is 5.97 Å². The van der Waals surface area contributed by atoms with Crippen molar-refractivity contribution in [1.82, 2.24) is 5.32 Å². The number of carbonyl (C=O) groups excluding carboxylic acids is 1. The molecule has 2 N–H and O–H groups in total. The minimum atomic E-state index is -1.12. The van der Waals surface area contributed by atoms with Crippen molar-refractivity contribution in [3.63, 3.8) is 0 Å². The number of ether oxygens (including phenoxy) is 1. The summed E-state index contributed by atoms with van der Waals surface area (Å²) in [6.45, 7) is 2.34. The van der Waals surface area contributed by atoms with E-state index in [1.807, 2.05) is 0 Å². The topological polar surface area (TPSA) is 75.6 Å². The predicted octanol–water partition coefficient (Wildman–Crippen LogP) is 1.05. The number of carbonyl (C=O) groups is 2. The number of aliphatic carboxylic acids is 1. The van der Waals surface area contributed by atoms with E-state index in [4.69, 9.17) is 9.84 Å². The van der Waals surface area contributed by atoms with Crippen LogP contribution >= 0.6 is 0 Å². The number of carboxylic acid groups (broad SMARTS) is 1. The van der Waals surface area contributed by atoms with Gasteiger partial charge in [0.2, 0.25) is 5.91 Å². The summed E-state index contributed by atoms with van der Waals surface area (Å²) in [5, 5.41) is 11.1. The van der Waals surface area contributed by atoms with Crippen LogP contribution in [0.5, 0.6) is 0 Å². The van der Waals surface area contributed by atoms with Crippen molar-refractivity contribution in [2.24, 2.45) is 0 Å². The Hall–Kier alpha value is -1.36. The predicted molar refractivity (Wildman–Crippen MR) is 57.7 cm³/mol. The molecule has 0 aromatic carbocycles. The highest BCUT2D eigenvalue weighted by Gasteiger charge is 2.17. The standard InChI is InChI=1S/C11H17NO4/c1-2-9(11(14)15)12-10(13)6-5-8-4-3-7-16-8/h2,8H,3-7H2,1H3,(H,12,13)(H,14,15)/b9-2-. The molecule has 0 aromatic rings. The first-order valence-corrected chi connectivity index (χ1v) is 5.44. The Kier molecular flexibility index (Phi) is 4.98. The maximum absolute atomic E-state index is 11.4. The second-order valence-electron chi connectivity index (χ2n) is 3.73. The lowest BCUT2D eigenvalue weighted by Gasteiger charge is -2.09. The molecule has 1 aliphatic heterocycles. The van der Waals surface area contributed by atoms with Crippen LogP contribution in [0, 0.1) is 0 Å². The van der Waals surface area contributed by atoms with Crippen molar-refractivity contribution in [3.8, 4) is 0 Å². The molecule has 0 aromatic heterocycles. The van der Waals surface area contributed by atoms with Gasteiger partial charge in [0.25, 0.3) is 0 Å². The zero-order chi connectivity index (χ0) is 12.0. The van der Waals surface area contributed by atoms with Crippen LogP contribution in [0.4, 0.5) is 0 Å². The van der Waals surface area contributed by atoms with E-state index in [0.29, 0.717) is 12.8 Å². The molecule has 1 aliphatic rings. The number of nitrogens with one attached hydrogen (secondary N) is 1. The summed E-state index contributed by atoms with van der Waals surface area (Å²) < 4.78 is 5.37. The minimum Gasteiger partial charge on any atom is -0.477 e. The Labute approximate surface area is 94.5 Å². The van der Waals surface area contributed by atoms with Gasteiger partial charge >= 0.3 is 5.97 Å². The normalized spacial score (nSPS) is 20.8. The molecular weight excluding hydrogens is 210 g/mol. The van der Waals surface area contributed by atoms with E-state index in [0.717, 1.165) is 19.4 Å². The van der Waals surface area contributed by atoms with Crippen LogP contribution in [0.1, 0.15) is 32.6 Å². The number of amides is 1. The van der Waals surface area contributed by atoms with Gasteiger partial charge in [0.1, 0.15) is 5.70 Å². The molecular formula is C11H17NO4. The molecule has 5 heteroatoms. The van der Waals surface area contributed by atoms with Crippen molar-refractivity contribution in [3.05, 3.63) is 11.8 Å². The highest BCUT2D eigenvalue weighted by atomic mass is 16.5. The Morgan fingerprint density at radius 3 is 2.81 bits per heavy atom. The third-order valence-corrected chi connectivity index (χ3v) is 2.51. The van der Waals surface area contributed by atoms with E-state index >= 15 is 0 Å². The van der Waals surface area contributed by atoms with Crippen LogP contribution in [0.3, 0.4) is 0 Å². The average Bonchev–Trinajstić information content (AvgIpc) is 2.75. The molecule has 0 spiro atoms. The maximum Gasteiger partial charge on any atom is 0.352 e. The van der Waals surface area contributed by atoms with E-state index in [2.05, 4.69) is 5.32 Å². The molecule has 1 saturated heterocycles. The largest absolute Gasteiger partial charge is 0.477 e. The molecule has 1 rings (SSSR count). The fraction of sp³-hybridized carbons (Fsp3) is 0.636. The van der Waals surface area contributed by atoms with Gasteiger partial charge in [-0.05, 0) is 26.2 Å². The van der Waals surface area contributed by atoms with E-state index in [1.165, 1.54) is 6.08 Å². The van der Waals surface area contributed by atoms with Gasteiger partial charge in [-0.2, -0.15) is 0 Å². The van der Waals surface area contributed by atoms with Crippen molar-refractivity contribution in [2.45, 2.75) is 38.7 Å². The molecule has 1 amide bonds. The second kappa shape index (κ2) is 6.27. The number of allylic oxidation sites excluding steroid dienone is 1. The van der Waals surface area contributed by atoms with Gasteiger partial charge in [0.15, 0.2) is 0 Å². The smallest absolute Gasteiger partial charge is 0.352 e. The van der Waals surface area contributed by atoms with E-state index in [9.17, 15) is 9.59 Å². The van der Waals surface area contributed by atoms with Gasteiger partial charge in [-0.15, -0.1) is 0 Å². The van der Waals surface area contributed by atoms with Crippen LogP contribution < -0.4 is 5.32 Å². The summed E-state index contributed by atoms with van der Waals surface area (Å²) >= 11 is 0. The number of rotatable bonds is 5.